The van der Waals surface area contributed by atoms with E-state index in [1.54, 1.807) is 0 Å². The molecule has 1 aliphatic heterocycles. The minimum Gasteiger partial charge on any atom is -0.378 e. The highest BCUT2D eigenvalue weighted by molar-refractivity contribution is 5.81. The molecule has 0 atom stereocenters. The number of nitrogens with one attached hydrogen (secondary N) is 1. The first-order valence-electron chi connectivity index (χ1n) is 7.95. The molecule has 2 aromatic carbocycles. The number of anilines is 2. The van der Waals surface area contributed by atoms with E-state index in [0.717, 1.165) is 49.0 Å². The van der Waals surface area contributed by atoms with Gasteiger partial charge in [0.15, 0.2) is 0 Å². The largest absolute Gasteiger partial charge is 0.378 e. The average molecular weight is 308 g/mol. The number of ether oxygens (including phenoxy) is 1. The van der Waals surface area contributed by atoms with Gasteiger partial charge in [-0.25, -0.2) is 4.98 Å². The van der Waals surface area contributed by atoms with Crippen LogP contribution >= 0.6 is 0 Å². The standard InChI is InChI=1S/C18H20N4O/c1-19-18-20-16-4-2-3-5-17(16)22(18)15-8-6-14(7-9-15)21-10-12-23-13-11-21/h2-9H,10-13H2,1H3,(H,19,20). The van der Waals surface area contributed by atoms with E-state index in [4.69, 9.17) is 4.74 Å². The maximum absolute atomic E-state index is 5.42. The lowest BCUT2D eigenvalue weighted by Crippen LogP contribution is -2.36. The van der Waals surface area contributed by atoms with Crippen molar-refractivity contribution in [2.75, 3.05) is 43.6 Å². The highest BCUT2D eigenvalue weighted by Crippen LogP contribution is 2.26. The van der Waals surface area contributed by atoms with Gasteiger partial charge in [0.05, 0.1) is 24.2 Å². The molecular weight excluding hydrogens is 288 g/mol. The summed E-state index contributed by atoms with van der Waals surface area (Å²) in [6.45, 7) is 3.51. The normalized spacial score (nSPS) is 15.1. The molecule has 1 aliphatic rings. The van der Waals surface area contributed by atoms with Gasteiger partial charge in [0.25, 0.3) is 0 Å². The second kappa shape index (κ2) is 5.93. The summed E-state index contributed by atoms with van der Waals surface area (Å²) in [5.41, 5.74) is 4.46. The molecule has 2 heterocycles. The van der Waals surface area contributed by atoms with E-state index in [-0.39, 0.29) is 0 Å². The molecule has 5 nitrogen and oxygen atoms in total. The Balaban J connectivity index is 1.73. The van der Waals surface area contributed by atoms with Gasteiger partial charge in [-0.1, -0.05) is 12.1 Å². The molecule has 0 unspecified atom stereocenters. The van der Waals surface area contributed by atoms with E-state index in [9.17, 15) is 0 Å². The number of para-hydroxylation sites is 2. The lowest BCUT2D eigenvalue weighted by molar-refractivity contribution is 0.122. The van der Waals surface area contributed by atoms with Gasteiger partial charge in [-0.05, 0) is 36.4 Å². The second-order valence-electron chi connectivity index (χ2n) is 5.63. The first-order chi connectivity index (χ1) is 11.4. The van der Waals surface area contributed by atoms with E-state index < -0.39 is 0 Å². The van der Waals surface area contributed by atoms with Crippen molar-refractivity contribution >= 4 is 22.7 Å². The van der Waals surface area contributed by atoms with Crippen LogP contribution in [-0.2, 0) is 4.74 Å². The number of imidazole rings is 1. The molecule has 1 fully saturated rings. The number of nitrogens with zero attached hydrogens (tertiary/aromatic N) is 3. The quantitative estimate of drug-likeness (QED) is 0.808. The molecule has 3 aromatic rings. The summed E-state index contributed by atoms with van der Waals surface area (Å²) >= 11 is 0. The van der Waals surface area contributed by atoms with Gasteiger partial charge in [-0.2, -0.15) is 0 Å². The fraction of sp³-hybridized carbons (Fsp3) is 0.278. The predicted octanol–water partition coefficient (Wildman–Crippen LogP) is 2.90. The summed E-state index contributed by atoms with van der Waals surface area (Å²) in [5.74, 6) is 0.852. The van der Waals surface area contributed by atoms with E-state index in [1.807, 2.05) is 25.2 Å². The summed E-state index contributed by atoms with van der Waals surface area (Å²) in [4.78, 5) is 7.00. The second-order valence-corrected chi connectivity index (χ2v) is 5.63. The smallest absolute Gasteiger partial charge is 0.208 e. The molecule has 118 valence electrons. The maximum Gasteiger partial charge on any atom is 0.208 e. The fourth-order valence-electron chi connectivity index (χ4n) is 3.09. The van der Waals surface area contributed by atoms with Crippen molar-refractivity contribution in [3.63, 3.8) is 0 Å². The summed E-state index contributed by atoms with van der Waals surface area (Å²) < 4.78 is 7.57. The molecule has 4 rings (SSSR count). The predicted molar refractivity (Wildman–Crippen MR) is 93.6 cm³/mol. The van der Waals surface area contributed by atoms with Crippen LogP contribution in [0.1, 0.15) is 0 Å². The molecular formula is C18H20N4O. The van der Waals surface area contributed by atoms with E-state index in [1.165, 1.54) is 5.69 Å². The van der Waals surface area contributed by atoms with Crippen LogP contribution < -0.4 is 10.2 Å². The number of hydrogen-bond donors (Lipinski definition) is 1. The van der Waals surface area contributed by atoms with Gasteiger partial charge >= 0.3 is 0 Å². The number of morpholine rings is 1. The Morgan fingerprint density at radius 2 is 1.65 bits per heavy atom. The van der Waals surface area contributed by atoms with Gasteiger partial charge in [0.1, 0.15) is 0 Å². The molecule has 1 N–H and O–H groups in total. The van der Waals surface area contributed by atoms with Gasteiger partial charge in [-0.3, -0.25) is 4.57 Å². The number of rotatable bonds is 3. The molecule has 0 radical (unpaired) electrons. The summed E-state index contributed by atoms with van der Waals surface area (Å²) in [5, 5.41) is 3.19. The number of aromatic nitrogens is 2. The molecule has 0 saturated carbocycles. The van der Waals surface area contributed by atoms with Crippen molar-refractivity contribution < 1.29 is 4.74 Å². The van der Waals surface area contributed by atoms with Crippen molar-refractivity contribution in [1.82, 2.24) is 9.55 Å². The topological polar surface area (TPSA) is 42.3 Å². The van der Waals surface area contributed by atoms with Gasteiger partial charge in [0, 0.05) is 31.5 Å². The van der Waals surface area contributed by atoms with Gasteiger partial charge in [0.2, 0.25) is 5.95 Å². The Kier molecular flexibility index (Phi) is 3.63. The lowest BCUT2D eigenvalue weighted by atomic mass is 10.2. The van der Waals surface area contributed by atoms with E-state index >= 15 is 0 Å². The van der Waals surface area contributed by atoms with Crippen LogP contribution in [-0.4, -0.2) is 42.9 Å². The Bertz CT molecular complexity index is 804. The molecule has 0 amide bonds. The summed E-state index contributed by atoms with van der Waals surface area (Å²) in [6, 6.07) is 16.8. The van der Waals surface area contributed by atoms with Crippen LogP contribution in [0.25, 0.3) is 16.7 Å². The highest BCUT2D eigenvalue weighted by Gasteiger charge is 2.13. The number of benzene rings is 2. The lowest BCUT2D eigenvalue weighted by Gasteiger charge is -2.29. The van der Waals surface area contributed by atoms with Crippen molar-refractivity contribution in [3.8, 4) is 5.69 Å². The zero-order valence-electron chi connectivity index (χ0n) is 13.2. The molecule has 1 aromatic heterocycles. The van der Waals surface area contributed by atoms with Crippen molar-refractivity contribution in [3.05, 3.63) is 48.5 Å². The SMILES string of the molecule is CNc1nc2ccccc2n1-c1ccc(N2CCOCC2)cc1. The number of fused-ring (bicyclic) bond motifs is 1. The van der Waals surface area contributed by atoms with Crippen LogP contribution in [0, 0.1) is 0 Å². The minimum atomic E-state index is 0.803. The molecule has 0 bridgehead atoms. The third-order valence-electron chi connectivity index (χ3n) is 4.27. The summed E-state index contributed by atoms with van der Waals surface area (Å²) in [6.07, 6.45) is 0. The molecule has 1 saturated heterocycles. The zero-order chi connectivity index (χ0) is 15.6. The maximum atomic E-state index is 5.42. The van der Waals surface area contributed by atoms with Gasteiger partial charge in [-0.15, -0.1) is 0 Å². The highest BCUT2D eigenvalue weighted by atomic mass is 16.5. The van der Waals surface area contributed by atoms with Crippen LogP contribution in [0.15, 0.2) is 48.5 Å². The zero-order valence-corrected chi connectivity index (χ0v) is 13.2. The first-order valence-corrected chi connectivity index (χ1v) is 7.95. The van der Waals surface area contributed by atoms with Gasteiger partial charge < -0.3 is 15.0 Å². The van der Waals surface area contributed by atoms with Crippen LogP contribution in [0.5, 0.6) is 0 Å². The Labute approximate surface area is 135 Å². The Morgan fingerprint density at radius 1 is 0.957 bits per heavy atom. The van der Waals surface area contributed by atoms with Crippen LogP contribution in [0.4, 0.5) is 11.6 Å². The molecule has 5 heteroatoms. The summed E-state index contributed by atoms with van der Waals surface area (Å²) in [7, 11) is 1.90. The first kappa shape index (κ1) is 14.1. The van der Waals surface area contributed by atoms with Crippen molar-refractivity contribution in [1.29, 1.82) is 0 Å². The molecule has 0 aliphatic carbocycles. The van der Waals surface area contributed by atoms with Crippen LogP contribution in [0.3, 0.4) is 0 Å². The molecule has 23 heavy (non-hydrogen) atoms. The van der Waals surface area contributed by atoms with E-state index in [2.05, 4.69) is 50.1 Å². The fourth-order valence-corrected chi connectivity index (χ4v) is 3.09. The van der Waals surface area contributed by atoms with E-state index in [0.29, 0.717) is 0 Å². The van der Waals surface area contributed by atoms with Crippen molar-refractivity contribution in [2.24, 2.45) is 0 Å². The molecule has 0 spiro atoms. The van der Waals surface area contributed by atoms with Crippen LogP contribution in [0.2, 0.25) is 0 Å². The Hall–Kier alpha value is -2.53. The number of hydrogen-bond acceptors (Lipinski definition) is 4. The Morgan fingerprint density at radius 3 is 2.39 bits per heavy atom. The van der Waals surface area contributed by atoms with Crippen molar-refractivity contribution in [2.45, 2.75) is 0 Å². The third kappa shape index (κ3) is 2.53. The third-order valence-corrected chi connectivity index (χ3v) is 4.27. The monoisotopic (exact) mass is 308 g/mol. The minimum absolute atomic E-state index is 0.803. The average Bonchev–Trinajstić information content (AvgIpc) is 3.01.